The highest BCUT2D eigenvalue weighted by molar-refractivity contribution is 5.85. The molecule has 5 heteroatoms. The van der Waals surface area contributed by atoms with Crippen molar-refractivity contribution in [1.82, 2.24) is 5.32 Å². The van der Waals surface area contributed by atoms with Crippen LogP contribution in [0.25, 0.3) is 0 Å². The van der Waals surface area contributed by atoms with Gasteiger partial charge in [0.25, 0.3) is 0 Å². The van der Waals surface area contributed by atoms with Crippen LogP contribution in [0.5, 0.6) is 0 Å². The second-order valence-corrected chi connectivity index (χ2v) is 4.51. The van der Waals surface area contributed by atoms with E-state index >= 15 is 0 Å². The molecular formula is C12H21NO4. The van der Waals surface area contributed by atoms with E-state index in [1.807, 2.05) is 13.8 Å². The Labute approximate surface area is 102 Å². The summed E-state index contributed by atoms with van der Waals surface area (Å²) in [4.78, 5) is 22.9. The Balaban J connectivity index is 2.48. The van der Waals surface area contributed by atoms with Crippen molar-refractivity contribution >= 4 is 11.9 Å². The van der Waals surface area contributed by atoms with Crippen LogP contribution in [0.2, 0.25) is 0 Å². The van der Waals surface area contributed by atoms with Gasteiger partial charge < -0.3 is 15.2 Å². The van der Waals surface area contributed by atoms with Crippen molar-refractivity contribution in [2.24, 2.45) is 5.92 Å². The topological polar surface area (TPSA) is 75.6 Å². The summed E-state index contributed by atoms with van der Waals surface area (Å²) in [6.07, 6.45) is 2.76. The molecular weight excluding hydrogens is 222 g/mol. The number of amides is 1. The molecule has 1 rings (SSSR count). The maximum Gasteiger partial charge on any atom is 0.326 e. The predicted octanol–water partition coefficient (Wildman–Crippen LogP) is 1.17. The van der Waals surface area contributed by atoms with E-state index in [-0.39, 0.29) is 17.9 Å². The zero-order chi connectivity index (χ0) is 12.8. The lowest BCUT2D eigenvalue weighted by Crippen LogP contribution is -2.44. The van der Waals surface area contributed by atoms with Gasteiger partial charge in [-0.3, -0.25) is 4.79 Å². The minimum Gasteiger partial charge on any atom is -0.480 e. The maximum absolute atomic E-state index is 11.9. The molecule has 0 bridgehead atoms. The van der Waals surface area contributed by atoms with Crippen molar-refractivity contribution in [2.45, 2.75) is 51.7 Å². The molecule has 17 heavy (non-hydrogen) atoms. The molecule has 0 aromatic carbocycles. The predicted molar refractivity (Wildman–Crippen MR) is 62.6 cm³/mol. The lowest BCUT2D eigenvalue weighted by atomic mass is 10.0. The molecule has 0 aliphatic carbocycles. The maximum atomic E-state index is 11.9. The summed E-state index contributed by atoms with van der Waals surface area (Å²) < 4.78 is 5.30. The van der Waals surface area contributed by atoms with Crippen LogP contribution in [-0.2, 0) is 14.3 Å². The number of hydrogen-bond acceptors (Lipinski definition) is 3. The number of ether oxygens (including phenoxy) is 1. The number of rotatable bonds is 6. The van der Waals surface area contributed by atoms with Crippen LogP contribution in [0.3, 0.4) is 0 Å². The first-order chi connectivity index (χ1) is 8.06. The van der Waals surface area contributed by atoms with Crippen molar-refractivity contribution in [3.8, 4) is 0 Å². The van der Waals surface area contributed by atoms with Gasteiger partial charge in [-0.2, -0.15) is 0 Å². The van der Waals surface area contributed by atoms with Gasteiger partial charge in [-0.1, -0.05) is 19.8 Å². The third-order valence-electron chi connectivity index (χ3n) is 3.17. The normalized spacial score (nSPS) is 25.5. The summed E-state index contributed by atoms with van der Waals surface area (Å²) in [5, 5.41) is 11.6. The van der Waals surface area contributed by atoms with Crippen LogP contribution in [0.4, 0.5) is 0 Å². The third kappa shape index (κ3) is 4.00. The molecule has 1 fully saturated rings. The summed E-state index contributed by atoms with van der Waals surface area (Å²) in [7, 11) is 0. The van der Waals surface area contributed by atoms with Gasteiger partial charge in [-0.05, 0) is 19.8 Å². The Bertz CT molecular complexity index is 280. The van der Waals surface area contributed by atoms with Gasteiger partial charge in [-0.15, -0.1) is 0 Å². The van der Waals surface area contributed by atoms with E-state index in [1.54, 1.807) is 0 Å². The molecule has 0 radical (unpaired) electrons. The van der Waals surface area contributed by atoms with Crippen molar-refractivity contribution in [3.05, 3.63) is 0 Å². The summed E-state index contributed by atoms with van der Waals surface area (Å²) >= 11 is 0. The molecule has 5 nitrogen and oxygen atoms in total. The monoisotopic (exact) mass is 243 g/mol. The van der Waals surface area contributed by atoms with E-state index in [0.29, 0.717) is 19.4 Å². The Morgan fingerprint density at radius 3 is 2.71 bits per heavy atom. The van der Waals surface area contributed by atoms with Crippen LogP contribution < -0.4 is 5.32 Å². The minimum absolute atomic E-state index is 0.115. The molecule has 1 aliphatic rings. The second kappa shape index (κ2) is 6.59. The van der Waals surface area contributed by atoms with E-state index in [9.17, 15) is 9.59 Å². The Kier molecular flexibility index (Phi) is 5.41. The van der Waals surface area contributed by atoms with Crippen LogP contribution >= 0.6 is 0 Å². The fraction of sp³-hybridized carbons (Fsp3) is 0.833. The summed E-state index contributed by atoms with van der Waals surface area (Å²) in [6, 6.07) is -0.768. The lowest BCUT2D eigenvalue weighted by molar-refractivity contribution is -0.143. The van der Waals surface area contributed by atoms with E-state index in [4.69, 9.17) is 9.84 Å². The highest BCUT2D eigenvalue weighted by atomic mass is 16.5. The van der Waals surface area contributed by atoms with Gasteiger partial charge >= 0.3 is 5.97 Å². The standard InChI is InChI=1S/C12H21NO4/c1-3-4-5-10(12(15)16)13-11(14)9-6-7-17-8(9)2/h8-10H,3-7H2,1-2H3,(H,13,14)(H,15,16). The van der Waals surface area contributed by atoms with Crippen LogP contribution in [0, 0.1) is 5.92 Å². The fourth-order valence-electron chi connectivity index (χ4n) is 2.02. The molecule has 0 saturated carbocycles. The molecule has 3 atom stereocenters. The number of nitrogens with one attached hydrogen (secondary N) is 1. The molecule has 1 amide bonds. The first kappa shape index (κ1) is 14.0. The first-order valence-electron chi connectivity index (χ1n) is 6.21. The number of unbranched alkanes of at least 4 members (excludes halogenated alkanes) is 1. The van der Waals surface area contributed by atoms with Crippen molar-refractivity contribution in [1.29, 1.82) is 0 Å². The van der Waals surface area contributed by atoms with Gasteiger partial charge in [0, 0.05) is 6.61 Å². The quantitative estimate of drug-likeness (QED) is 0.734. The van der Waals surface area contributed by atoms with E-state index < -0.39 is 12.0 Å². The van der Waals surface area contributed by atoms with Gasteiger partial charge in [0.15, 0.2) is 0 Å². The lowest BCUT2D eigenvalue weighted by Gasteiger charge is -2.18. The van der Waals surface area contributed by atoms with Gasteiger partial charge in [0.2, 0.25) is 5.91 Å². The number of carboxylic acid groups (broad SMARTS) is 1. The zero-order valence-electron chi connectivity index (χ0n) is 10.4. The van der Waals surface area contributed by atoms with Crippen LogP contribution in [0.1, 0.15) is 39.5 Å². The van der Waals surface area contributed by atoms with Gasteiger partial charge in [-0.25, -0.2) is 4.79 Å². The molecule has 2 N–H and O–H groups in total. The van der Waals surface area contributed by atoms with E-state index in [0.717, 1.165) is 12.8 Å². The highest BCUT2D eigenvalue weighted by Gasteiger charge is 2.32. The van der Waals surface area contributed by atoms with Gasteiger partial charge in [0.1, 0.15) is 6.04 Å². The Hall–Kier alpha value is -1.10. The number of hydrogen-bond donors (Lipinski definition) is 2. The van der Waals surface area contributed by atoms with Crippen molar-refractivity contribution in [2.75, 3.05) is 6.61 Å². The average Bonchev–Trinajstić information content (AvgIpc) is 2.70. The molecule has 0 spiro atoms. The van der Waals surface area contributed by atoms with Crippen LogP contribution in [-0.4, -0.2) is 35.7 Å². The summed E-state index contributed by atoms with van der Waals surface area (Å²) in [5.41, 5.74) is 0. The van der Waals surface area contributed by atoms with E-state index in [2.05, 4.69) is 5.32 Å². The Morgan fingerprint density at radius 1 is 1.53 bits per heavy atom. The molecule has 1 aliphatic heterocycles. The molecule has 0 aromatic heterocycles. The average molecular weight is 243 g/mol. The molecule has 1 saturated heterocycles. The third-order valence-corrected chi connectivity index (χ3v) is 3.17. The first-order valence-corrected chi connectivity index (χ1v) is 6.21. The molecule has 1 heterocycles. The molecule has 0 aromatic rings. The summed E-state index contributed by atoms with van der Waals surface area (Å²) in [6.45, 7) is 4.42. The molecule has 3 unspecified atom stereocenters. The van der Waals surface area contributed by atoms with Crippen molar-refractivity contribution in [3.63, 3.8) is 0 Å². The van der Waals surface area contributed by atoms with Crippen molar-refractivity contribution < 1.29 is 19.4 Å². The fourth-order valence-corrected chi connectivity index (χ4v) is 2.02. The van der Waals surface area contributed by atoms with Crippen LogP contribution in [0.15, 0.2) is 0 Å². The SMILES string of the molecule is CCCCC(NC(=O)C1CCOC1C)C(=O)O. The van der Waals surface area contributed by atoms with Gasteiger partial charge in [0.05, 0.1) is 12.0 Å². The highest BCUT2D eigenvalue weighted by Crippen LogP contribution is 2.20. The number of carbonyl (C=O) groups is 2. The second-order valence-electron chi connectivity index (χ2n) is 4.51. The largest absolute Gasteiger partial charge is 0.480 e. The number of carbonyl (C=O) groups excluding carboxylic acids is 1. The number of aliphatic carboxylic acids is 1. The zero-order valence-corrected chi connectivity index (χ0v) is 10.4. The molecule has 98 valence electrons. The minimum atomic E-state index is -0.960. The summed E-state index contributed by atoms with van der Waals surface area (Å²) in [5.74, 6) is -1.37. The number of carboxylic acids is 1. The Morgan fingerprint density at radius 2 is 2.24 bits per heavy atom. The van der Waals surface area contributed by atoms with E-state index in [1.165, 1.54) is 0 Å². The smallest absolute Gasteiger partial charge is 0.326 e.